The molecule has 18 heteroatoms. The van der Waals surface area contributed by atoms with Crippen molar-refractivity contribution >= 4 is 65.0 Å². The maximum atomic E-state index is 13.9. The number of benzene rings is 1. The van der Waals surface area contributed by atoms with Gasteiger partial charge in [-0.1, -0.05) is 45.9 Å². The summed E-state index contributed by atoms with van der Waals surface area (Å²) < 4.78 is 0. The van der Waals surface area contributed by atoms with Gasteiger partial charge in [0.15, 0.2) is 6.04 Å². The van der Waals surface area contributed by atoms with Gasteiger partial charge in [0.2, 0.25) is 29.5 Å². The van der Waals surface area contributed by atoms with E-state index in [1.165, 1.54) is 6.92 Å². The summed E-state index contributed by atoms with van der Waals surface area (Å²) in [5, 5.41) is 41.5. The van der Waals surface area contributed by atoms with Crippen LogP contribution in [0.25, 0.3) is 10.9 Å². The zero-order chi connectivity index (χ0) is 39.3. The Morgan fingerprint density at radius 2 is 1.33 bits per heavy atom. The van der Waals surface area contributed by atoms with E-state index in [9.17, 15) is 43.8 Å². The lowest BCUT2D eigenvalue weighted by Crippen LogP contribution is -2.61. The molecule has 17 nitrogen and oxygen atoms in total. The number of aromatic amines is 1. The van der Waals surface area contributed by atoms with Gasteiger partial charge in [0.1, 0.15) is 24.2 Å². The molecule has 0 bridgehead atoms. The van der Waals surface area contributed by atoms with Gasteiger partial charge in [-0.05, 0) is 43.2 Å². The lowest BCUT2D eigenvalue weighted by atomic mass is 9.98. The van der Waals surface area contributed by atoms with Gasteiger partial charge in [0.05, 0.1) is 12.1 Å². The predicted octanol–water partition coefficient (Wildman–Crippen LogP) is -0.576. The number of carbonyl (C=O) groups is 7. The Labute approximate surface area is 307 Å². The van der Waals surface area contributed by atoms with Crippen molar-refractivity contribution in [2.24, 2.45) is 17.6 Å². The number of amides is 5. The first-order chi connectivity index (χ1) is 24.4. The van der Waals surface area contributed by atoms with Crippen molar-refractivity contribution < 1.29 is 48.9 Å². The van der Waals surface area contributed by atoms with E-state index >= 15 is 0 Å². The monoisotopic (exact) mass is 749 g/mol. The summed E-state index contributed by atoms with van der Waals surface area (Å²) in [5.41, 5.74) is 7.26. The fraction of sp³-hybridized carbons (Fsp3) is 0.559. The maximum absolute atomic E-state index is 13.9. The minimum absolute atomic E-state index is 0.0626. The minimum Gasteiger partial charge on any atom is -0.481 e. The number of H-pyrrole nitrogens is 1. The number of rotatable bonds is 21. The number of carboxylic acids is 2. The van der Waals surface area contributed by atoms with Crippen molar-refractivity contribution in [2.75, 3.05) is 5.75 Å². The summed E-state index contributed by atoms with van der Waals surface area (Å²) in [7, 11) is 0. The Morgan fingerprint density at radius 3 is 1.88 bits per heavy atom. The molecular formula is C34H51N7O10S. The molecule has 2 aromatic rings. The van der Waals surface area contributed by atoms with E-state index in [0.29, 0.717) is 5.56 Å². The van der Waals surface area contributed by atoms with Crippen LogP contribution in [0.3, 0.4) is 0 Å². The van der Waals surface area contributed by atoms with Crippen LogP contribution < -0.4 is 32.3 Å². The molecule has 1 aromatic heterocycles. The Hall–Kier alpha value is -4.68. The molecule has 0 saturated carbocycles. The van der Waals surface area contributed by atoms with E-state index in [0.717, 1.165) is 10.9 Å². The van der Waals surface area contributed by atoms with E-state index in [4.69, 9.17) is 10.8 Å². The molecule has 2 rings (SSSR count). The van der Waals surface area contributed by atoms with Gasteiger partial charge in [0, 0.05) is 35.7 Å². The molecule has 1 heterocycles. The quantitative estimate of drug-likeness (QED) is 0.0719. The molecule has 0 fully saturated rings. The lowest BCUT2D eigenvalue weighted by Gasteiger charge is -2.29. The number of nitrogens with one attached hydrogen (secondary N) is 6. The largest absolute Gasteiger partial charge is 0.481 e. The van der Waals surface area contributed by atoms with Gasteiger partial charge >= 0.3 is 11.9 Å². The predicted molar refractivity (Wildman–Crippen MR) is 194 cm³/mol. The second-order valence-electron chi connectivity index (χ2n) is 13.4. The number of para-hydroxylation sites is 1. The number of aliphatic carboxylic acids is 2. The van der Waals surface area contributed by atoms with Crippen LogP contribution in [-0.2, 0) is 40.0 Å². The average Bonchev–Trinajstić information content (AvgIpc) is 3.48. The van der Waals surface area contributed by atoms with Crippen LogP contribution in [0.2, 0.25) is 0 Å². The smallest absolute Gasteiger partial charge is 0.328 e. The number of carboxylic acid groups (broad SMARTS) is 2. The SMILES string of the molecule is CC(C)C[C@H](NC(=O)[C@@H](N)CCC(=O)O)C(=O)N[C@H](C(=O)N[C@@H](Cc1c[nH]c2ccccc12)C(=O)N[C@@H](CS)C(=O)N[C@H](C(=O)O)[C@@H](C)O)C(C)C. The van der Waals surface area contributed by atoms with Gasteiger partial charge in [-0.3, -0.25) is 28.8 Å². The summed E-state index contributed by atoms with van der Waals surface area (Å²) in [6.07, 6.45) is -0.161. The fourth-order valence-electron chi connectivity index (χ4n) is 5.28. The van der Waals surface area contributed by atoms with Gasteiger partial charge in [0.25, 0.3) is 0 Å². The number of aliphatic hydroxyl groups excluding tert-OH is 1. The molecule has 1 aromatic carbocycles. The zero-order valence-corrected chi connectivity index (χ0v) is 30.7. The number of carbonyl (C=O) groups excluding carboxylic acids is 5. The van der Waals surface area contributed by atoms with Gasteiger partial charge < -0.3 is 52.6 Å². The standard InChI is InChI=1S/C34H51N7O10S/c1-16(2)12-23(37-29(45)21(35)10-11-26(43)44)31(47)40-27(17(3)4)33(49)38-24(13-19-14-36-22-9-7-6-8-20(19)22)30(46)39-25(15-52)32(48)41-28(18(5)42)34(50)51/h6-9,14,16-18,21,23-25,27-28,36,42,52H,10-13,15,35H2,1-5H3,(H,37,45)(H,38,49)(H,39,46)(H,40,47)(H,41,48)(H,43,44)(H,50,51)/t18-,21+,23+,24+,25+,27+,28+/m1/s1. The highest BCUT2D eigenvalue weighted by Gasteiger charge is 2.35. The molecule has 288 valence electrons. The van der Waals surface area contributed by atoms with Crippen LogP contribution in [0.4, 0.5) is 0 Å². The maximum Gasteiger partial charge on any atom is 0.328 e. The molecule has 0 spiro atoms. The van der Waals surface area contributed by atoms with Crippen LogP contribution in [0.5, 0.6) is 0 Å². The first-order valence-electron chi connectivity index (χ1n) is 16.9. The summed E-state index contributed by atoms with van der Waals surface area (Å²) in [6.45, 7) is 8.16. The molecule has 0 unspecified atom stereocenters. The topological polar surface area (TPSA) is 282 Å². The van der Waals surface area contributed by atoms with Crippen LogP contribution in [0.1, 0.15) is 59.4 Å². The number of thiol groups is 1. The molecule has 0 aliphatic carbocycles. The number of fused-ring (bicyclic) bond motifs is 1. The van der Waals surface area contributed by atoms with Gasteiger partial charge in [-0.15, -0.1) is 0 Å². The van der Waals surface area contributed by atoms with Gasteiger partial charge in [-0.25, -0.2) is 4.79 Å². The van der Waals surface area contributed by atoms with Crippen molar-refractivity contribution in [3.63, 3.8) is 0 Å². The van der Waals surface area contributed by atoms with Crippen molar-refractivity contribution in [3.05, 3.63) is 36.0 Å². The third-order valence-electron chi connectivity index (χ3n) is 8.19. The van der Waals surface area contributed by atoms with Crippen LogP contribution in [0.15, 0.2) is 30.5 Å². The van der Waals surface area contributed by atoms with Crippen molar-refractivity contribution in [3.8, 4) is 0 Å². The summed E-state index contributed by atoms with van der Waals surface area (Å²) in [6, 6.07) is -0.583. The van der Waals surface area contributed by atoms with Crippen molar-refractivity contribution in [1.29, 1.82) is 0 Å². The molecule has 0 aliphatic rings. The first kappa shape index (κ1) is 43.5. The molecular weight excluding hydrogens is 698 g/mol. The van der Waals surface area contributed by atoms with E-state index in [1.54, 1.807) is 26.1 Å². The highest BCUT2D eigenvalue weighted by molar-refractivity contribution is 7.80. The molecule has 11 N–H and O–H groups in total. The van der Waals surface area contributed by atoms with E-state index in [1.807, 2.05) is 32.0 Å². The minimum atomic E-state index is -1.66. The first-order valence-corrected chi connectivity index (χ1v) is 17.5. The second-order valence-corrected chi connectivity index (χ2v) is 13.8. The number of hydrogen-bond donors (Lipinski definition) is 11. The summed E-state index contributed by atoms with van der Waals surface area (Å²) in [5.74, 6) is -7.39. The number of aromatic nitrogens is 1. The Bertz CT molecular complexity index is 1580. The summed E-state index contributed by atoms with van der Waals surface area (Å²) in [4.78, 5) is 92.5. The number of hydrogen-bond acceptors (Lipinski definition) is 10. The van der Waals surface area contributed by atoms with Crippen molar-refractivity contribution in [2.45, 2.75) is 103 Å². The van der Waals surface area contributed by atoms with Crippen LogP contribution in [0, 0.1) is 11.8 Å². The van der Waals surface area contributed by atoms with E-state index in [-0.39, 0.29) is 37.4 Å². The Balaban J connectivity index is 2.35. The molecule has 5 amide bonds. The molecule has 0 aliphatic heterocycles. The molecule has 7 atom stereocenters. The third-order valence-corrected chi connectivity index (χ3v) is 8.55. The average molecular weight is 750 g/mol. The molecule has 52 heavy (non-hydrogen) atoms. The fourth-order valence-corrected chi connectivity index (χ4v) is 5.54. The lowest BCUT2D eigenvalue weighted by molar-refractivity contribution is -0.145. The van der Waals surface area contributed by atoms with Crippen LogP contribution >= 0.6 is 12.6 Å². The number of aliphatic hydroxyl groups is 1. The van der Waals surface area contributed by atoms with E-state index < -0.39 is 89.7 Å². The summed E-state index contributed by atoms with van der Waals surface area (Å²) >= 11 is 4.14. The highest BCUT2D eigenvalue weighted by atomic mass is 32.1. The van der Waals surface area contributed by atoms with E-state index in [2.05, 4.69) is 44.2 Å². The van der Waals surface area contributed by atoms with Gasteiger partial charge in [-0.2, -0.15) is 12.6 Å². The molecule has 0 radical (unpaired) electrons. The zero-order valence-electron chi connectivity index (χ0n) is 29.8. The van der Waals surface area contributed by atoms with Crippen LogP contribution in [-0.4, -0.2) is 110 Å². The third kappa shape index (κ3) is 13.1. The molecule has 0 saturated heterocycles. The van der Waals surface area contributed by atoms with Crippen molar-refractivity contribution in [1.82, 2.24) is 31.6 Å². The Kier molecular flexibility index (Phi) is 17.0. The number of nitrogens with two attached hydrogens (primary N) is 1. The highest BCUT2D eigenvalue weighted by Crippen LogP contribution is 2.20. The second kappa shape index (κ2) is 20.4. The normalized spacial score (nSPS) is 15.4. The Morgan fingerprint density at radius 1 is 0.769 bits per heavy atom.